The van der Waals surface area contributed by atoms with Gasteiger partial charge in [-0.15, -0.1) is 0 Å². The summed E-state index contributed by atoms with van der Waals surface area (Å²) in [5.41, 5.74) is 1.29. The van der Waals surface area contributed by atoms with E-state index in [0.717, 1.165) is 30.4 Å². The number of nitrogens with one attached hydrogen (secondary N) is 1. The van der Waals surface area contributed by atoms with Gasteiger partial charge in [-0.2, -0.15) is 0 Å². The van der Waals surface area contributed by atoms with Gasteiger partial charge in [0.25, 0.3) is 5.91 Å². The first-order valence-electron chi connectivity index (χ1n) is 6.68. The van der Waals surface area contributed by atoms with Gasteiger partial charge in [0.15, 0.2) is 0 Å². The van der Waals surface area contributed by atoms with Crippen LogP contribution in [-0.2, 0) is 4.74 Å². The van der Waals surface area contributed by atoms with Gasteiger partial charge in [-0.1, -0.05) is 29.8 Å². The zero-order valence-electron chi connectivity index (χ0n) is 10.9. The molecule has 20 heavy (non-hydrogen) atoms. The van der Waals surface area contributed by atoms with Crippen molar-refractivity contribution >= 4 is 28.4 Å². The molecule has 4 nitrogen and oxygen atoms in total. The molecule has 0 aliphatic carbocycles. The van der Waals surface area contributed by atoms with Crippen LogP contribution >= 0.6 is 11.6 Å². The molecule has 0 bridgehead atoms. The van der Waals surface area contributed by atoms with E-state index in [2.05, 4.69) is 10.3 Å². The molecule has 1 aromatic carbocycles. The molecule has 5 heteroatoms. The lowest BCUT2D eigenvalue weighted by Crippen LogP contribution is -2.40. The van der Waals surface area contributed by atoms with Gasteiger partial charge in [0, 0.05) is 12.0 Å². The van der Waals surface area contributed by atoms with Crippen LogP contribution < -0.4 is 5.32 Å². The Kier molecular flexibility index (Phi) is 3.85. The summed E-state index contributed by atoms with van der Waals surface area (Å²) in [5, 5.41) is 4.14. The lowest BCUT2D eigenvalue weighted by Gasteiger charge is -2.23. The van der Waals surface area contributed by atoms with Crippen LogP contribution in [0.25, 0.3) is 10.9 Å². The minimum atomic E-state index is -0.124. The number of para-hydroxylation sites is 1. The lowest BCUT2D eigenvalue weighted by atomic mass is 10.1. The number of hydrogen-bond donors (Lipinski definition) is 1. The van der Waals surface area contributed by atoms with Crippen molar-refractivity contribution in [2.45, 2.75) is 18.9 Å². The molecule has 1 N–H and O–H groups in total. The smallest absolute Gasteiger partial charge is 0.252 e. The number of carbonyl (C=O) groups is 1. The first-order valence-corrected chi connectivity index (χ1v) is 7.06. The number of carbonyl (C=O) groups excluding carboxylic acids is 1. The van der Waals surface area contributed by atoms with Crippen molar-refractivity contribution < 1.29 is 9.53 Å². The molecule has 2 aromatic rings. The molecule has 1 aliphatic heterocycles. The molecule has 1 aliphatic rings. The van der Waals surface area contributed by atoms with Crippen LogP contribution in [0.3, 0.4) is 0 Å². The summed E-state index contributed by atoms with van der Waals surface area (Å²) >= 11 is 5.99. The van der Waals surface area contributed by atoms with Crippen molar-refractivity contribution in [2.75, 3.05) is 13.2 Å². The van der Waals surface area contributed by atoms with E-state index in [4.69, 9.17) is 16.3 Å². The summed E-state index contributed by atoms with van der Waals surface area (Å²) in [6, 6.07) is 9.18. The molecule has 1 atom stereocenters. The average molecular weight is 291 g/mol. The highest BCUT2D eigenvalue weighted by molar-refractivity contribution is 6.30. The van der Waals surface area contributed by atoms with Crippen LogP contribution in [-0.4, -0.2) is 30.1 Å². The third-order valence-corrected chi connectivity index (χ3v) is 3.62. The monoisotopic (exact) mass is 290 g/mol. The van der Waals surface area contributed by atoms with Crippen LogP contribution in [0.2, 0.25) is 5.15 Å². The largest absolute Gasteiger partial charge is 0.379 e. The quantitative estimate of drug-likeness (QED) is 0.865. The Morgan fingerprint density at radius 1 is 1.40 bits per heavy atom. The van der Waals surface area contributed by atoms with Crippen LogP contribution in [0.5, 0.6) is 0 Å². The fourth-order valence-corrected chi connectivity index (χ4v) is 2.65. The number of hydrogen-bond acceptors (Lipinski definition) is 3. The van der Waals surface area contributed by atoms with E-state index in [1.165, 1.54) is 0 Å². The summed E-state index contributed by atoms with van der Waals surface area (Å²) < 4.78 is 5.38. The molecule has 0 radical (unpaired) electrons. The minimum Gasteiger partial charge on any atom is -0.379 e. The fraction of sp³-hybridized carbons (Fsp3) is 0.333. The van der Waals surface area contributed by atoms with Crippen molar-refractivity contribution in [1.82, 2.24) is 10.3 Å². The standard InChI is InChI=1S/C15H15ClN2O2/c16-14-8-12(11-5-1-2-6-13(11)18-14)15(19)17-10-4-3-7-20-9-10/h1-2,5-6,8,10H,3-4,7,9H2,(H,17,19). The highest BCUT2D eigenvalue weighted by Crippen LogP contribution is 2.21. The molecule has 1 unspecified atom stereocenters. The van der Waals surface area contributed by atoms with Gasteiger partial charge < -0.3 is 10.1 Å². The van der Waals surface area contributed by atoms with Gasteiger partial charge in [-0.25, -0.2) is 4.98 Å². The number of fused-ring (bicyclic) bond motifs is 1. The Hall–Kier alpha value is -1.65. The van der Waals surface area contributed by atoms with E-state index >= 15 is 0 Å². The number of benzene rings is 1. The van der Waals surface area contributed by atoms with E-state index in [-0.39, 0.29) is 11.9 Å². The summed E-state index contributed by atoms with van der Waals surface area (Å²) in [6.45, 7) is 1.35. The summed E-state index contributed by atoms with van der Waals surface area (Å²) in [5.74, 6) is -0.124. The maximum absolute atomic E-state index is 12.4. The van der Waals surface area contributed by atoms with E-state index in [9.17, 15) is 4.79 Å². The molecule has 2 heterocycles. The second-order valence-electron chi connectivity index (χ2n) is 4.90. The zero-order valence-corrected chi connectivity index (χ0v) is 11.7. The number of rotatable bonds is 2. The van der Waals surface area contributed by atoms with Crippen LogP contribution in [0, 0.1) is 0 Å². The van der Waals surface area contributed by atoms with Crippen molar-refractivity contribution in [3.05, 3.63) is 41.0 Å². The van der Waals surface area contributed by atoms with Crippen LogP contribution in [0.4, 0.5) is 0 Å². The van der Waals surface area contributed by atoms with Crippen molar-refractivity contribution in [2.24, 2.45) is 0 Å². The lowest BCUT2D eigenvalue weighted by molar-refractivity contribution is 0.0625. The van der Waals surface area contributed by atoms with Crippen molar-refractivity contribution in [1.29, 1.82) is 0 Å². The van der Waals surface area contributed by atoms with Gasteiger partial charge >= 0.3 is 0 Å². The Balaban J connectivity index is 1.90. The molecule has 1 aromatic heterocycles. The minimum absolute atomic E-state index is 0.0713. The van der Waals surface area contributed by atoms with Gasteiger partial charge in [-0.3, -0.25) is 4.79 Å². The van der Waals surface area contributed by atoms with Gasteiger partial charge in [0.2, 0.25) is 0 Å². The van der Waals surface area contributed by atoms with E-state index in [0.29, 0.717) is 17.3 Å². The molecule has 1 saturated heterocycles. The van der Waals surface area contributed by atoms with E-state index < -0.39 is 0 Å². The van der Waals surface area contributed by atoms with Gasteiger partial charge in [-0.05, 0) is 25.0 Å². The zero-order chi connectivity index (χ0) is 13.9. The molecule has 1 amide bonds. The molecule has 0 spiro atoms. The first-order chi connectivity index (χ1) is 9.74. The Bertz CT molecular complexity index is 639. The molecular formula is C15H15ClN2O2. The van der Waals surface area contributed by atoms with Crippen molar-refractivity contribution in [3.8, 4) is 0 Å². The Morgan fingerprint density at radius 3 is 3.05 bits per heavy atom. The highest BCUT2D eigenvalue weighted by Gasteiger charge is 2.19. The van der Waals surface area contributed by atoms with Crippen LogP contribution in [0.15, 0.2) is 30.3 Å². The normalized spacial score (nSPS) is 18.9. The molecule has 1 fully saturated rings. The predicted octanol–water partition coefficient (Wildman–Crippen LogP) is 2.80. The second-order valence-corrected chi connectivity index (χ2v) is 5.28. The summed E-state index contributed by atoms with van der Waals surface area (Å²) in [4.78, 5) is 16.7. The molecule has 0 saturated carbocycles. The maximum Gasteiger partial charge on any atom is 0.252 e. The SMILES string of the molecule is O=C(NC1CCCOC1)c1cc(Cl)nc2ccccc12. The number of pyridine rings is 1. The number of aromatic nitrogens is 1. The van der Waals surface area contributed by atoms with Gasteiger partial charge in [0.1, 0.15) is 5.15 Å². The summed E-state index contributed by atoms with van der Waals surface area (Å²) in [6.07, 6.45) is 1.92. The van der Waals surface area contributed by atoms with Gasteiger partial charge in [0.05, 0.1) is 23.7 Å². The maximum atomic E-state index is 12.4. The number of nitrogens with zero attached hydrogens (tertiary/aromatic N) is 1. The topological polar surface area (TPSA) is 51.2 Å². The average Bonchev–Trinajstić information content (AvgIpc) is 2.47. The Labute approximate surface area is 122 Å². The number of ether oxygens (including phenoxy) is 1. The van der Waals surface area contributed by atoms with Crippen molar-refractivity contribution in [3.63, 3.8) is 0 Å². The van der Waals surface area contributed by atoms with E-state index in [1.54, 1.807) is 6.07 Å². The number of halogens is 1. The third-order valence-electron chi connectivity index (χ3n) is 3.43. The first kappa shape index (κ1) is 13.3. The number of amides is 1. The molecular weight excluding hydrogens is 276 g/mol. The highest BCUT2D eigenvalue weighted by atomic mass is 35.5. The fourth-order valence-electron chi connectivity index (χ4n) is 2.45. The second kappa shape index (κ2) is 5.77. The summed E-state index contributed by atoms with van der Waals surface area (Å²) in [7, 11) is 0. The van der Waals surface area contributed by atoms with Crippen LogP contribution in [0.1, 0.15) is 23.2 Å². The molecule has 3 rings (SSSR count). The predicted molar refractivity (Wildman–Crippen MR) is 78.1 cm³/mol. The Morgan fingerprint density at radius 2 is 2.25 bits per heavy atom. The third kappa shape index (κ3) is 2.76. The molecule has 104 valence electrons. The van der Waals surface area contributed by atoms with E-state index in [1.807, 2.05) is 24.3 Å².